The van der Waals surface area contributed by atoms with E-state index in [0.29, 0.717) is 18.1 Å². The molecule has 4 atom stereocenters. The summed E-state index contributed by atoms with van der Waals surface area (Å²) in [6.07, 6.45) is 5.98. The highest BCUT2D eigenvalue weighted by Gasteiger charge is 2.40. The van der Waals surface area contributed by atoms with Crippen molar-refractivity contribution in [1.29, 1.82) is 0 Å². The molecule has 0 aromatic heterocycles. The minimum absolute atomic E-state index is 0.396. The van der Waals surface area contributed by atoms with Gasteiger partial charge in [-0.1, -0.05) is 26.7 Å². The van der Waals surface area contributed by atoms with Crippen LogP contribution in [0, 0.1) is 11.8 Å². The van der Waals surface area contributed by atoms with E-state index in [1.165, 1.54) is 25.7 Å². The number of unbranched alkanes of at least 4 members (excludes halogenated alkanes) is 1. The molecular formula is C12H22O2. The second kappa shape index (κ2) is 4.63. The zero-order valence-corrected chi connectivity index (χ0v) is 9.37. The number of hydrogen-bond donors (Lipinski definition) is 0. The van der Waals surface area contributed by atoms with Crippen LogP contribution in [0.4, 0.5) is 0 Å². The Balaban J connectivity index is 1.80. The van der Waals surface area contributed by atoms with Crippen molar-refractivity contribution in [3.05, 3.63) is 0 Å². The summed E-state index contributed by atoms with van der Waals surface area (Å²) in [6, 6.07) is 0. The maximum atomic E-state index is 5.90. The molecule has 2 aliphatic heterocycles. The maximum Gasteiger partial charge on any atom is 0.0884 e. The average Bonchev–Trinajstić information content (AvgIpc) is 2.57. The third-order valence-corrected chi connectivity index (χ3v) is 3.56. The first-order valence-electron chi connectivity index (χ1n) is 6.04. The van der Waals surface area contributed by atoms with Crippen molar-refractivity contribution in [1.82, 2.24) is 0 Å². The number of ether oxygens (including phenoxy) is 2. The zero-order chi connectivity index (χ0) is 9.97. The fourth-order valence-corrected chi connectivity index (χ4v) is 2.64. The van der Waals surface area contributed by atoms with E-state index in [-0.39, 0.29) is 0 Å². The van der Waals surface area contributed by atoms with Crippen molar-refractivity contribution in [2.75, 3.05) is 13.2 Å². The summed E-state index contributed by atoms with van der Waals surface area (Å²) in [7, 11) is 0. The summed E-state index contributed by atoms with van der Waals surface area (Å²) < 4.78 is 11.7. The van der Waals surface area contributed by atoms with Crippen LogP contribution < -0.4 is 0 Å². The SMILES string of the molecule is CCCC[C@@H]1CO[C@H]2C(C)CO[C@H]2C1. The minimum atomic E-state index is 0.396. The summed E-state index contributed by atoms with van der Waals surface area (Å²) >= 11 is 0. The van der Waals surface area contributed by atoms with Gasteiger partial charge in [0.2, 0.25) is 0 Å². The predicted octanol–water partition coefficient (Wildman–Crippen LogP) is 2.62. The average molecular weight is 198 g/mol. The highest BCUT2D eigenvalue weighted by molar-refractivity contribution is 4.87. The molecule has 0 N–H and O–H groups in total. The largest absolute Gasteiger partial charge is 0.375 e. The van der Waals surface area contributed by atoms with Gasteiger partial charge >= 0.3 is 0 Å². The van der Waals surface area contributed by atoms with Crippen LogP contribution in [-0.2, 0) is 9.47 Å². The van der Waals surface area contributed by atoms with Crippen LogP contribution in [-0.4, -0.2) is 25.4 Å². The first-order valence-corrected chi connectivity index (χ1v) is 6.04. The summed E-state index contributed by atoms with van der Waals surface area (Å²) in [5, 5.41) is 0. The summed E-state index contributed by atoms with van der Waals surface area (Å²) in [4.78, 5) is 0. The van der Waals surface area contributed by atoms with Crippen LogP contribution in [0.25, 0.3) is 0 Å². The molecule has 2 saturated heterocycles. The van der Waals surface area contributed by atoms with Gasteiger partial charge < -0.3 is 9.47 Å². The molecule has 0 aromatic carbocycles. The molecule has 14 heavy (non-hydrogen) atoms. The lowest BCUT2D eigenvalue weighted by molar-refractivity contribution is -0.0818. The van der Waals surface area contributed by atoms with Crippen molar-refractivity contribution in [3.8, 4) is 0 Å². The Morgan fingerprint density at radius 3 is 2.86 bits per heavy atom. The van der Waals surface area contributed by atoms with Gasteiger partial charge in [-0.15, -0.1) is 0 Å². The molecular weight excluding hydrogens is 176 g/mol. The minimum Gasteiger partial charge on any atom is -0.375 e. The van der Waals surface area contributed by atoms with Gasteiger partial charge in [0, 0.05) is 5.92 Å². The van der Waals surface area contributed by atoms with E-state index < -0.39 is 0 Å². The van der Waals surface area contributed by atoms with E-state index in [4.69, 9.17) is 9.47 Å². The summed E-state index contributed by atoms with van der Waals surface area (Å²) in [6.45, 7) is 6.35. The predicted molar refractivity (Wildman–Crippen MR) is 56.3 cm³/mol. The van der Waals surface area contributed by atoms with Crippen molar-refractivity contribution in [2.45, 2.75) is 51.7 Å². The molecule has 2 rings (SSSR count). The topological polar surface area (TPSA) is 18.5 Å². The van der Waals surface area contributed by atoms with E-state index in [1.807, 2.05) is 0 Å². The maximum absolute atomic E-state index is 5.90. The second-order valence-corrected chi connectivity index (χ2v) is 4.89. The third kappa shape index (κ3) is 2.12. The molecule has 2 nitrogen and oxygen atoms in total. The molecule has 0 saturated carbocycles. The van der Waals surface area contributed by atoms with Crippen LogP contribution in [0.1, 0.15) is 39.5 Å². The Morgan fingerprint density at radius 2 is 2.07 bits per heavy atom. The van der Waals surface area contributed by atoms with E-state index in [0.717, 1.165) is 19.1 Å². The highest BCUT2D eigenvalue weighted by Crippen LogP contribution is 2.33. The molecule has 0 spiro atoms. The van der Waals surface area contributed by atoms with E-state index in [2.05, 4.69) is 13.8 Å². The zero-order valence-electron chi connectivity index (χ0n) is 9.37. The van der Waals surface area contributed by atoms with E-state index in [9.17, 15) is 0 Å². The molecule has 0 bridgehead atoms. The molecule has 0 aromatic rings. The lowest BCUT2D eigenvalue weighted by Gasteiger charge is -2.32. The van der Waals surface area contributed by atoms with Gasteiger partial charge in [0.25, 0.3) is 0 Å². The first-order chi connectivity index (χ1) is 6.81. The van der Waals surface area contributed by atoms with Gasteiger partial charge in [-0.2, -0.15) is 0 Å². The number of rotatable bonds is 3. The van der Waals surface area contributed by atoms with Crippen molar-refractivity contribution >= 4 is 0 Å². The van der Waals surface area contributed by atoms with Crippen LogP contribution in [0.15, 0.2) is 0 Å². The fourth-order valence-electron chi connectivity index (χ4n) is 2.64. The number of fused-ring (bicyclic) bond motifs is 1. The molecule has 0 aliphatic carbocycles. The molecule has 1 unspecified atom stereocenters. The van der Waals surface area contributed by atoms with E-state index in [1.54, 1.807) is 0 Å². The molecule has 0 radical (unpaired) electrons. The monoisotopic (exact) mass is 198 g/mol. The highest BCUT2D eigenvalue weighted by atomic mass is 16.6. The van der Waals surface area contributed by atoms with Crippen molar-refractivity contribution < 1.29 is 9.47 Å². The van der Waals surface area contributed by atoms with Crippen LogP contribution in [0.3, 0.4) is 0 Å². The summed E-state index contributed by atoms with van der Waals surface area (Å²) in [5.41, 5.74) is 0. The van der Waals surface area contributed by atoms with Crippen LogP contribution >= 0.6 is 0 Å². The van der Waals surface area contributed by atoms with Crippen molar-refractivity contribution in [2.24, 2.45) is 11.8 Å². The first kappa shape index (κ1) is 10.4. The molecule has 2 heterocycles. The second-order valence-electron chi connectivity index (χ2n) is 4.89. The lowest BCUT2D eigenvalue weighted by Crippen LogP contribution is -2.38. The summed E-state index contributed by atoms with van der Waals surface area (Å²) in [5.74, 6) is 1.36. The van der Waals surface area contributed by atoms with Gasteiger partial charge in [0.05, 0.1) is 25.4 Å². The lowest BCUT2D eigenvalue weighted by atomic mass is 9.89. The van der Waals surface area contributed by atoms with Gasteiger partial charge in [0.1, 0.15) is 0 Å². The Kier molecular flexibility index (Phi) is 3.45. The van der Waals surface area contributed by atoms with Gasteiger partial charge in [-0.05, 0) is 18.8 Å². The van der Waals surface area contributed by atoms with E-state index >= 15 is 0 Å². The number of hydrogen-bond acceptors (Lipinski definition) is 2. The Hall–Kier alpha value is -0.0800. The molecule has 2 heteroatoms. The molecule has 0 amide bonds. The van der Waals surface area contributed by atoms with Gasteiger partial charge in [-0.25, -0.2) is 0 Å². The molecule has 2 aliphatic rings. The fraction of sp³-hybridized carbons (Fsp3) is 1.00. The Morgan fingerprint density at radius 1 is 1.21 bits per heavy atom. The smallest absolute Gasteiger partial charge is 0.0884 e. The Labute approximate surface area is 87.0 Å². The molecule has 2 fully saturated rings. The van der Waals surface area contributed by atoms with Gasteiger partial charge in [-0.3, -0.25) is 0 Å². The molecule has 82 valence electrons. The quantitative estimate of drug-likeness (QED) is 0.694. The van der Waals surface area contributed by atoms with Crippen LogP contribution in [0.5, 0.6) is 0 Å². The van der Waals surface area contributed by atoms with Crippen LogP contribution in [0.2, 0.25) is 0 Å². The third-order valence-electron chi connectivity index (χ3n) is 3.56. The normalized spacial score (nSPS) is 42.4. The Bertz CT molecular complexity index is 181. The van der Waals surface area contributed by atoms with Crippen molar-refractivity contribution in [3.63, 3.8) is 0 Å². The van der Waals surface area contributed by atoms with Gasteiger partial charge in [0.15, 0.2) is 0 Å². The standard InChI is InChI=1S/C12H22O2/c1-3-4-5-10-6-11-12(14-8-10)9(2)7-13-11/h9-12H,3-8H2,1-2H3/t9?,10-,11-,12-/m0/s1.